The van der Waals surface area contributed by atoms with Crippen molar-refractivity contribution in [3.63, 3.8) is 0 Å². The Kier molecular flexibility index (Phi) is 8.24. The van der Waals surface area contributed by atoms with Crippen LogP contribution in [0.5, 0.6) is 0 Å². The summed E-state index contributed by atoms with van der Waals surface area (Å²) in [4.78, 5) is 23.5. The van der Waals surface area contributed by atoms with Crippen molar-refractivity contribution in [3.05, 3.63) is 87.4 Å². The summed E-state index contributed by atoms with van der Waals surface area (Å²) in [6.07, 6.45) is -6.52. The van der Waals surface area contributed by atoms with Crippen LogP contribution in [-0.4, -0.2) is 19.1 Å². The monoisotopic (exact) mass is 528 g/mol. The van der Waals surface area contributed by atoms with Gasteiger partial charge in [0.05, 0.1) is 22.7 Å². The lowest BCUT2D eigenvalue weighted by Crippen LogP contribution is -2.28. The highest BCUT2D eigenvalue weighted by Gasteiger charge is 2.34. The van der Waals surface area contributed by atoms with Gasteiger partial charge in [-0.25, -0.2) is 14.0 Å². The molecule has 0 spiro atoms. The van der Waals surface area contributed by atoms with Crippen molar-refractivity contribution in [2.75, 3.05) is 12.4 Å². The van der Waals surface area contributed by atoms with E-state index < -0.39 is 29.9 Å². The highest BCUT2D eigenvalue weighted by atomic mass is 35.5. The number of hydrogen-bond donors (Lipinski definition) is 2. The number of amides is 2. The van der Waals surface area contributed by atoms with Crippen LogP contribution in [0.1, 0.15) is 22.9 Å². The zero-order valence-electron chi connectivity index (χ0n) is 18.1. The summed E-state index contributed by atoms with van der Waals surface area (Å²) in [5.74, 6) is -1.01. The summed E-state index contributed by atoms with van der Waals surface area (Å²) < 4.78 is 58.4. The highest BCUT2D eigenvalue weighted by molar-refractivity contribution is 6.39. The lowest BCUT2D eigenvalue weighted by Gasteiger charge is -2.16. The molecule has 184 valence electrons. The van der Waals surface area contributed by atoms with E-state index in [-0.39, 0.29) is 39.0 Å². The minimum absolute atomic E-state index is 0.00886. The van der Waals surface area contributed by atoms with Crippen molar-refractivity contribution in [2.45, 2.75) is 18.9 Å². The van der Waals surface area contributed by atoms with Crippen molar-refractivity contribution in [3.8, 4) is 11.1 Å². The first-order chi connectivity index (χ1) is 16.5. The number of nitrogens with one attached hydrogen (secondary N) is 2. The quantitative estimate of drug-likeness (QED) is 0.263. The number of benzene rings is 3. The first-order valence-electron chi connectivity index (χ1n) is 10.0. The van der Waals surface area contributed by atoms with Crippen LogP contribution in [0.15, 0.2) is 60.7 Å². The fourth-order valence-electron chi connectivity index (χ4n) is 3.25. The molecule has 35 heavy (non-hydrogen) atoms. The third-order valence-corrected chi connectivity index (χ3v) is 5.53. The Morgan fingerprint density at radius 1 is 1.00 bits per heavy atom. The SMILES string of the molecule is COC(=O)C(F)c1ccc(CNC(=O)Nc2cc(Cl)c(-c3ccccc3C(F)(F)F)c(Cl)c2)cc1. The standard InChI is InChI=1S/C24H18Cl2F4N2O3/c1-35-22(33)21(27)14-8-6-13(7-9-14)12-31-23(34)32-15-10-18(25)20(19(26)11-15)16-4-2-3-5-17(16)24(28,29)30/h2-11,21H,12H2,1H3,(H2,31,32,34). The molecular weight excluding hydrogens is 511 g/mol. The number of ether oxygens (including phenoxy) is 1. The molecule has 0 fully saturated rings. The molecule has 0 radical (unpaired) electrons. The van der Waals surface area contributed by atoms with Crippen molar-refractivity contribution < 1.29 is 31.9 Å². The highest BCUT2D eigenvalue weighted by Crippen LogP contribution is 2.43. The van der Waals surface area contributed by atoms with E-state index in [2.05, 4.69) is 15.4 Å². The maximum atomic E-state index is 13.9. The molecule has 1 unspecified atom stereocenters. The molecule has 0 aliphatic carbocycles. The van der Waals surface area contributed by atoms with Gasteiger partial charge in [0.15, 0.2) is 0 Å². The number of methoxy groups -OCH3 is 1. The lowest BCUT2D eigenvalue weighted by atomic mass is 9.99. The van der Waals surface area contributed by atoms with Crippen molar-refractivity contribution in [2.24, 2.45) is 0 Å². The van der Waals surface area contributed by atoms with E-state index in [4.69, 9.17) is 23.2 Å². The van der Waals surface area contributed by atoms with Crippen LogP contribution in [0.4, 0.5) is 28.0 Å². The molecule has 3 aromatic rings. The third-order valence-electron chi connectivity index (χ3n) is 4.94. The minimum Gasteiger partial charge on any atom is -0.467 e. The summed E-state index contributed by atoms with van der Waals surface area (Å²) in [5, 5.41) is 4.93. The summed E-state index contributed by atoms with van der Waals surface area (Å²) >= 11 is 12.5. The van der Waals surface area contributed by atoms with E-state index in [1.807, 2.05) is 0 Å². The molecule has 3 aromatic carbocycles. The molecule has 0 aliphatic rings. The average Bonchev–Trinajstić information content (AvgIpc) is 2.81. The number of carbonyl (C=O) groups is 2. The molecule has 0 heterocycles. The Morgan fingerprint density at radius 2 is 1.60 bits per heavy atom. The second-order valence-corrected chi connectivity index (χ2v) is 8.11. The van der Waals surface area contributed by atoms with Gasteiger partial charge in [0.1, 0.15) is 0 Å². The van der Waals surface area contributed by atoms with E-state index in [1.54, 1.807) is 0 Å². The summed E-state index contributed by atoms with van der Waals surface area (Å²) in [6, 6.07) is 12.7. The lowest BCUT2D eigenvalue weighted by molar-refractivity contribution is -0.146. The molecule has 11 heteroatoms. The normalized spacial score (nSPS) is 12.1. The molecule has 0 saturated carbocycles. The number of urea groups is 1. The number of anilines is 1. The molecule has 2 N–H and O–H groups in total. The molecule has 0 aliphatic heterocycles. The van der Waals surface area contributed by atoms with Crippen molar-refractivity contribution in [1.29, 1.82) is 0 Å². The van der Waals surface area contributed by atoms with Gasteiger partial charge in [-0.3, -0.25) is 0 Å². The van der Waals surface area contributed by atoms with Crippen LogP contribution in [0, 0.1) is 0 Å². The molecule has 1 atom stereocenters. The first-order valence-corrected chi connectivity index (χ1v) is 10.8. The van der Waals surface area contributed by atoms with Gasteiger partial charge in [0.25, 0.3) is 0 Å². The van der Waals surface area contributed by atoms with Crippen LogP contribution >= 0.6 is 23.2 Å². The van der Waals surface area contributed by atoms with Gasteiger partial charge in [-0.05, 0) is 34.9 Å². The Bertz CT molecular complexity index is 1210. The minimum atomic E-state index is -4.61. The first kappa shape index (κ1) is 26.3. The van der Waals surface area contributed by atoms with Gasteiger partial charge in [-0.1, -0.05) is 65.7 Å². The van der Waals surface area contributed by atoms with Gasteiger partial charge in [-0.2, -0.15) is 13.2 Å². The molecule has 5 nitrogen and oxygen atoms in total. The van der Waals surface area contributed by atoms with Crippen LogP contribution in [0.25, 0.3) is 11.1 Å². The van der Waals surface area contributed by atoms with E-state index in [9.17, 15) is 27.2 Å². The number of esters is 1. The zero-order chi connectivity index (χ0) is 25.8. The summed E-state index contributed by atoms with van der Waals surface area (Å²) in [7, 11) is 1.08. The third kappa shape index (κ3) is 6.43. The topological polar surface area (TPSA) is 67.4 Å². The Balaban J connectivity index is 1.69. The van der Waals surface area contributed by atoms with Gasteiger partial charge in [0, 0.05) is 17.8 Å². The van der Waals surface area contributed by atoms with Crippen molar-refractivity contribution in [1.82, 2.24) is 5.32 Å². The second kappa shape index (κ2) is 11.0. The predicted molar refractivity (Wildman–Crippen MR) is 125 cm³/mol. The van der Waals surface area contributed by atoms with Gasteiger partial charge >= 0.3 is 18.2 Å². The molecule has 0 saturated heterocycles. The molecule has 2 amide bonds. The Morgan fingerprint density at radius 3 is 2.17 bits per heavy atom. The molecule has 0 bridgehead atoms. The van der Waals surface area contributed by atoms with E-state index in [1.165, 1.54) is 54.6 Å². The summed E-state index contributed by atoms with van der Waals surface area (Å²) in [5.41, 5.74) is -0.182. The maximum Gasteiger partial charge on any atom is 0.417 e. The van der Waals surface area contributed by atoms with E-state index in [0.717, 1.165) is 13.2 Å². The Labute approximate surface area is 208 Å². The number of rotatable bonds is 6. The number of halogens is 6. The van der Waals surface area contributed by atoms with Gasteiger partial charge in [0.2, 0.25) is 6.17 Å². The molecular formula is C24H18Cl2F4N2O3. The molecule has 0 aromatic heterocycles. The Hall–Kier alpha value is -3.30. The van der Waals surface area contributed by atoms with Gasteiger partial charge in [-0.15, -0.1) is 0 Å². The fourth-order valence-corrected chi connectivity index (χ4v) is 3.94. The fraction of sp³-hybridized carbons (Fsp3) is 0.167. The maximum absolute atomic E-state index is 13.9. The van der Waals surface area contributed by atoms with Crippen LogP contribution in [-0.2, 0) is 22.3 Å². The summed E-state index contributed by atoms with van der Waals surface area (Å²) in [6.45, 7) is 0.0692. The number of hydrogen-bond acceptors (Lipinski definition) is 3. The van der Waals surface area contributed by atoms with Crippen molar-refractivity contribution >= 4 is 40.9 Å². The van der Waals surface area contributed by atoms with E-state index in [0.29, 0.717) is 5.56 Å². The van der Waals surface area contributed by atoms with Crippen LogP contribution in [0.2, 0.25) is 10.0 Å². The number of alkyl halides is 4. The second-order valence-electron chi connectivity index (χ2n) is 7.29. The average molecular weight is 529 g/mol. The van der Waals surface area contributed by atoms with E-state index >= 15 is 0 Å². The van der Waals surface area contributed by atoms with Crippen LogP contribution < -0.4 is 10.6 Å². The van der Waals surface area contributed by atoms with Gasteiger partial charge < -0.3 is 15.4 Å². The molecule has 3 rings (SSSR count). The smallest absolute Gasteiger partial charge is 0.417 e. The van der Waals surface area contributed by atoms with Crippen LogP contribution in [0.3, 0.4) is 0 Å². The predicted octanol–water partition coefficient (Wildman–Crippen LogP) is 7.18. The largest absolute Gasteiger partial charge is 0.467 e. The zero-order valence-corrected chi connectivity index (χ0v) is 19.6. The number of carbonyl (C=O) groups excluding carboxylic acids is 2.